The largest absolute Gasteiger partial charge is 0.299 e. The minimum Gasteiger partial charge on any atom is -0.299 e. The molecule has 2 bridgehead atoms. The van der Waals surface area contributed by atoms with Crippen LogP contribution in [0.4, 0.5) is 0 Å². The maximum atomic E-state index is 12.5. The Hall–Kier alpha value is -1.16. The zero-order valence-electron chi connectivity index (χ0n) is 12.6. The summed E-state index contributed by atoms with van der Waals surface area (Å²) in [7, 11) is -2.93. The number of fused-ring (bicyclic) bond motifs is 2. The van der Waals surface area contributed by atoms with Crippen molar-refractivity contribution in [3.63, 3.8) is 0 Å². The number of aryl methyl sites for hydroxylation is 2. The van der Waals surface area contributed by atoms with Gasteiger partial charge in [0.25, 0.3) is 0 Å². The van der Waals surface area contributed by atoms with Gasteiger partial charge in [-0.2, -0.15) is 0 Å². The molecule has 0 amide bonds. The van der Waals surface area contributed by atoms with Gasteiger partial charge in [0.05, 0.1) is 10.5 Å². The lowest BCUT2D eigenvalue weighted by Gasteiger charge is -2.27. The van der Waals surface area contributed by atoms with Gasteiger partial charge in [-0.15, -0.1) is 0 Å². The van der Waals surface area contributed by atoms with Crippen molar-refractivity contribution in [2.75, 3.05) is 0 Å². The standard InChI is InChI=1S/C17H22O3S/c1-11-5-12(2)7-13(6-11)8-17(18)14-9-15-3-4-16(10-14)21(15,19)20/h5-7,14-16H,3-4,8-10H2,1-2H3. The fourth-order valence-corrected chi connectivity index (χ4v) is 6.46. The zero-order valence-corrected chi connectivity index (χ0v) is 13.4. The van der Waals surface area contributed by atoms with Crippen molar-refractivity contribution >= 4 is 15.6 Å². The first-order chi connectivity index (χ1) is 9.86. The number of hydrogen-bond acceptors (Lipinski definition) is 3. The molecule has 1 aromatic carbocycles. The van der Waals surface area contributed by atoms with E-state index in [1.54, 1.807) is 0 Å². The van der Waals surface area contributed by atoms with Crippen molar-refractivity contribution in [3.8, 4) is 0 Å². The van der Waals surface area contributed by atoms with E-state index in [2.05, 4.69) is 18.2 Å². The van der Waals surface area contributed by atoms with Crippen molar-refractivity contribution in [1.82, 2.24) is 0 Å². The lowest BCUT2D eigenvalue weighted by Crippen LogP contribution is -2.36. The summed E-state index contributed by atoms with van der Waals surface area (Å²) in [5.41, 5.74) is 3.39. The van der Waals surface area contributed by atoms with Crippen LogP contribution < -0.4 is 0 Å². The molecule has 0 aliphatic carbocycles. The molecule has 0 spiro atoms. The van der Waals surface area contributed by atoms with Crippen LogP contribution in [0.25, 0.3) is 0 Å². The monoisotopic (exact) mass is 306 g/mol. The van der Waals surface area contributed by atoms with Gasteiger partial charge in [-0.3, -0.25) is 4.79 Å². The summed E-state index contributed by atoms with van der Waals surface area (Å²) < 4.78 is 24.2. The Kier molecular flexibility index (Phi) is 3.68. The Bertz CT molecular complexity index is 635. The number of hydrogen-bond donors (Lipinski definition) is 0. The van der Waals surface area contributed by atoms with E-state index >= 15 is 0 Å². The molecule has 2 aliphatic rings. The third kappa shape index (κ3) is 2.78. The van der Waals surface area contributed by atoms with E-state index in [1.807, 2.05) is 13.8 Å². The molecule has 2 fully saturated rings. The van der Waals surface area contributed by atoms with Gasteiger partial charge >= 0.3 is 0 Å². The molecule has 2 aliphatic heterocycles. The number of rotatable bonds is 3. The van der Waals surface area contributed by atoms with Gasteiger partial charge in [0, 0.05) is 12.3 Å². The van der Waals surface area contributed by atoms with Crippen molar-refractivity contribution in [2.24, 2.45) is 5.92 Å². The van der Waals surface area contributed by atoms with E-state index in [0.717, 1.165) is 18.4 Å². The van der Waals surface area contributed by atoms with Crippen molar-refractivity contribution in [3.05, 3.63) is 34.9 Å². The molecule has 0 saturated carbocycles. The summed E-state index contributed by atoms with van der Waals surface area (Å²) in [6.07, 6.45) is 3.03. The van der Waals surface area contributed by atoms with Crippen LogP contribution in [0.5, 0.6) is 0 Å². The molecule has 0 N–H and O–H groups in total. The predicted molar refractivity (Wildman–Crippen MR) is 83.1 cm³/mol. The first kappa shape index (κ1) is 14.8. The van der Waals surface area contributed by atoms with Gasteiger partial charge in [-0.05, 0) is 45.1 Å². The molecule has 4 heteroatoms. The highest BCUT2D eigenvalue weighted by atomic mass is 32.2. The van der Waals surface area contributed by atoms with Crippen LogP contribution in [0.15, 0.2) is 18.2 Å². The van der Waals surface area contributed by atoms with Crippen molar-refractivity contribution in [2.45, 2.75) is 56.5 Å². The Morgan fingerprint density at radius 3 is 2.10 bits per heavy atom. The maximum Gasteiger partial charge on any atom is 0.156 e. The van der Waals surface area contributed by atoms with Crippen LogP contribution in [0, 0.1) is 19.8 Å². The number of benzene rings is 1. The molecule has 2 saturated heterocycles. The molecule has 2 atom stereocenters. The predicted octanol–water partition coefficient (Wildman–Crippen LogP) is 2.77. The normalized spacial score (nSPS) is 30.3. The van der Waals surface area contributed by atoms with Gasteiger partial charge in [0.2, 0.25) is 0 Å². The van der Waals surface area contributed by atoms with Crippen LogP contribution in [-0.2, 0) is 21.1 Å². The second-order valence-electron chi connectivity index (χ2n) is 6.72. The molecule has 21 heavy (non-hydrogen) atoms. The second-order valence-corrected chi connectivity index (χ2v) is 9.23. The summed E-state index contributed by atoms with van der Waals surface area (Å²) in [5.74, 6) is 0.152. The van der Waals surface area contributed by atoms with E-state index in [4.69, 9.17) is 0 Å². The average molecular weight is 306 g/mol. The SMILES string of the molecule is Cc1cc(C)cc(CC(=O)C2CC3CCC(C2)S3(=O)=O)c1. The fraction of sp³-hybridized carbons (Fsp3) is 0.588. The summed E-state index contributed by atoms with van der Waals surface area (Å²) in [6.45, 7) is 4.07. The lowest BCUT2D eigenvalue weighted by atomic mass is 9.90. The number of carbonyl (C=O) groups excluding carboxylic acids is 1. The Morgan fingerprint density at radius 1 is 1.05 bits per heavy atom. The number of Topliss-reactive ketones (excluding diaryl/α,β-unsaturated/α-hetero) is 1. The smallest absolute Gasteiger partial charge is 0.156 e. The molecule has 3 rings (SSSR count). The highest BCUT2D eigenvalue weighted by Gasteiger charge is 2.48. The summed E-state index contributed by atoms with van der Waals surface area (Å²) in [5, 5.41) is -0.520. The van der Waals surface area contributed by atoms with Crippen LogP contribution in [0.1, 0.15) is 42.4 Å². The van der Waals surface area contributed by atoms with Crippen LogP contribution in [0.2, 0.25) is 0 Å². The molecule has 0 radical (unpaired) electrons. The lowest BCUT2D eigenvalue weighted by molar-refractivity contribution is -0.122. The topological polar surface area (TPSA) is 51.2 Å². The quantitative estimate of drug-likeness (QED) is 0.863. The van der Waals surface area contributed by atoms with Crippen molar-refractivity contribution in [1.29, 1.82) is 0 Å². The van der Waals surface area contributed by atoms with Crippen LogP contribution in [-0.4, -0.2) is 24.7 Å². The number of ketones is 1. The van der Waals surface area contributed by atoms with Gasteiger partial charge < -0.3 is 0 Å². The zero-order chi connectivity index (χ0) is 15.2. The molecule has 0 aromatic heterocycles. The van der Waals surface area contributed by atoms with Crippen molar-refractivity contribution < 1.29 is 13.2 Å². The number of sulfone groups is 1. The fourth-order valence-electron chi connectivity index (χ4n) is 3.99. The third-order valence-electron chi connectivity index (χ3n) is 4.95. The molecule has 2 unspecified atom stereocenters. The maximum absolute atomic E-state index is 12.5. The summed E-state index contributed by atoms with van der Waals surface area (Å²) in [4.78, 5) is 12.5. The van der Waals surface area contributed by atoms with Gasteiger partial charge in [-0.25, -0.2) is 8.42 Å². The third-order valence-corrected chi connectivity index (χ3v) is 7.66. The summed E-state index contributed by atoms with van der Waals surface area (Å²) in [6, 6.07) is 6.21. The van der Waals surface area contributed by atoms with E-state index in [0.29, 0.717) is 19.3 Å². The van der Waals surface area contributed by atoms with Crippen LogP contribution in [0.3, 0.4) is 0 Å². The van der Waals surface area contributed by atoms with Gasteiger partial charge in [0.15, 0.2) is 9.84 Å². The average Bonchev–Trinajstić information content (AvgIpc) is 2.57. The Balaban J connectivity index is 1.72. The van der Waals surface area contributed by atoms with E-state index in [-0.39, 0.29) is 22.2 Å². The molecule has 114 valence electrons. The first-order valence-electron chi connectivity index (χ1n) is 7.69. The minimum atomic E-state index is -2.93. The molecule has 1 aromatic rings. The van der Waals surface area contributed by atoms with E-state index in [9.17, 15) is 13.2 Å². The Labute approximate surface area is 126 Å². The molecular formula is C17H22O3S. The van der Waals surface area contributed by atoms with E-state index in [1.165, 1.54) is 11.1 Å². The molecule has 2 heterocycles. The Morgan fingerprint density at radius 2 is 1.57 bits per heavy atom. The minimum absolute atomic E-state index is 0.0631. The highest BCUT2D eigenvalue weighted by molar-refractivity contribution is 7.93. The highest BCUT2D eigenvalue weighted by Crippen LogP contribution is 2.41. The molecular weight excluding hydrogens is 284 g/mol. The number of carbonyl (C=O) groups is 1. The summed E-state index contributed by atoms with van der Waals surface area (Å²) >= 11 is 0. The second kappa shape index (κ2) is 5.24. The first-order valence-corrected chi connectivity index (χ1v) is 9.30. The molecule has 3 nitrogen and oxygen atoms in total. The van der Waals surface area contributed by atoms with Gasteiger partial charge in [0.1, 0.15) is 5.78 Å². The van der Waals surface area contributed by atoms with E-state index < -0.39 is 9.84 Å². The van der Waals surface area contributed by atoms with Gasteiger partial charge in [-0.1, -0.05) is 29.3 Å². The van der Waals surface area contributed by atoms with Crippen LogP contribution >= 0.6 is 0 Å².